The highest BCUT2D eigenvalue weighted by molar-refractivity contribution is 6.00. The molecule has 0 aromatic heterocycles. The van der Waals surface area contributed by atoms with Crippen LogP contribution in [0.25, 0.3) is 0 Å². The van der Waals surface area contributed by atoms with E-state index in [2.05, 4.69) is 6.08 Å². The molecule has 0 heterocycles. The smallest absolute Gasteiger partial charge is 0.323 e. The van der Waals surface area contributed by atoms with Crippen molar-refractivity contribution in [3.63, 3.8) is 0 Å². The minimum Gasteiger partial charge on any atom is -0.465 e. The summed E-state index contributed by atoms with van der Waals surface area (Å²) in [4.78, 5) is 24.3. The molecule has 4 nitrogen and oxygen atoms in total. The molecule has 0 radical (unpaired) electrons. The summed E-state index contributed by atoms with van der Waals surface area (Å²) in [6.07, 6.45) is 4.48. The maximum Gasteiger partial charge on any atom is 0.323 e. The molecular formula is C14H22O4. The van der Waals surface area contributed by atoms with Crippen LogP contribution in [0.3, 0.4) is 0 Å². The molecule has 18 heavy (non-hydrogen) atoms. The molecule has 0 N–H and O–H groups in total. The van der Waals surface area contributed by atoms with E-state index in [1.165, 1.54) is 5.57 Å². The Bertz CT molecular complexity index is 326. The van der Waals surface area contributed by atoms with Crippen molar-refractivity contribution in [3.8, 4) is 0 Å². The molecule has 0 atom stereocenters. The van der Waals surface area contributed by atoms with Crippen LogP contribution in [0.4, 0.5) is 0 Å². The number of esters is 2. The van der Waals surface area contributed by atoms with Crippen molar-refractivity contribution in [2.75, 3.05) is 13.2 Å². The van der Waals surface area contributed by atoms with Gasteiger partial charge in [0.25, 0.3) is 0 Å². The fourth-order valence-electron chi connectivity index (χ4n) is 2.23. The Kier molecular flexibility index (Phi) is 5.38. The lowest BCUT2D eigenvalue weighted by molar-refractivity contribution is -0.173. The van der Waals surface area contributed by atoms with Gasteiger partial charge in [-0.25, -0.2) is 0 Å². The van der Waals surface area contributed by atoms with Gasteiger partial charge in [-0.1, -0.05) is 11.6 Å². The van der Waals surface area contributed by atoms with Crippen molar-refractivity contribution >= 4 is 11.9 Å². The van der Waals surface area contributed by atoms with Crippen LogP contribution in [-0.4, -0.2) is 25.2 Å². The summed E-state index contributed by atoms with van der Waals surface area (Å²) < 4.78 is 10.2. The maximum absolute atomic E-state index is 12.1. The monoisotopic (exact) mass is 254 g/mol. The number of rotatable bonds is 4. The minimum atomic E-state index is -1.11. The molecule has 0 spiro atoms. The summed E-state index contributed by atoms with van der Waals surface area (Å²) in [6.45, 7) is 6.08. The van der Waals surface area contributed by atoms with Gasteiger partial charge in [0.05, 0.1) is 13.2 Å². The van der Waals surface area contributed by atoms with E-state index < -0.39 is 17.4 Å². The van der Waals surface area contributed by atoms with E-state index in [1.807, 2.05) is 6.92 Å². The second-order valence-corrected chi connectivity index (χ2v) is 4.61. The molecular weight excluding hydrogens is 232 g/mol. The van der Waals surface area contributed by atoms with Crippen LogP contribution in [-0.2, 0) is 19.1 Å². The first-order valence-corrected chi connectivity index (χ1v) is 6.57. The van der Waals surface area contributed by atoms with Crippen molar-refractivity contribution in [2.24, 2.45) is 5.41 Å². The zero-order valence-electron chi connectivity index (χ0n) is 11.5. The zero-order chi connectivity index (χ0) is 13.6. The van der Waals surface area contributed by atoms with Crippen LogP contribution in [0.15, 0.2) is 11.6 Å². The molecule has 0 aliphatic heterocycles. The first-order chi connectivity index (χ1) is 8.56. The van der Waals surface area contributed by atoms with Crippen LogP contribution >= 0.6 is 0 Å². The average molecular weight is 254 g/mol. The van der Waals surface area contributed by atoms with Gasteiger partial charge in [0.2, 0.25) is 0 Å². The molecule has 0 aromatic carbocycles. The van der Waals surface area contributed by atoms with E-state index in [1.54, 1.807) is 13.8 Å². The van der Waals surface area contributed by atoms with Crippen molar-refractivity contribution in [1.29, 1.82) is 0 Å². The highest BCUT2D eigenvalue weighted by Gasteiger charge is 2.48. The van der Waals surface area contributed by atoms with Crippen molar-refractivity contribution < 1.29 is 19.1 Å². The topological polar surface area (TPSA) is 52.6 Å². The standard InChI is InChI=1S/C14H22O4/c1-4-17-12(15)14(13(16)18-5-2)9-6-7-11(3)8-10-14/h7H,4-6,8-10H2,1-3H3. The number of hydrogen-bond donors (Lipinski definition) is 0. The molecule has 0 amide bonds. The fourth-order valence-corrected chi connectivity index (χ4v) is 2.23. The number of ether oxygens (including phenoxy) is 2. The fraction of sp³-hybridized carbons (Fsp3) is 0.714. The second kappa shape index (κ2) is 6.57. The molecule has 0 saturated heterocycles. The predicted octanol–water partition coefficient (Wildman–Crippen LogP) is 2.62. The highest BCUT2D eigenvalue weighted by atomic mass is 16.6. The van der Waals surface area contributed by atoms with Crippen LogP contribution in [0.2, 0.25) is 0 Å². The Labute approximate surface area is 108 Å². The van der Waals surface area contributed by atoms with E-state index >= 15 is 0 Å². The van der Waals surface area contributed by atoms with Gasteiger partial charge in [-0.2, -0.15) is 0 Å². The van der Waals surface area contributed by atoms with Crippen LogP contribution in [0.5, 0.6) is 0 Å². The number of allylic oxidation sites excluding steroid dienone is 2. The third-order valence-corrected chi connectivity index (χ3v) is 3.34. The lowest BCUT2D eigenvalue weighted by Gasteiger charge is -2.27. The lowest BCUT2D eigenvalue weighted by atomic mass is 9.80. The molecule has 1 aliphatic rings. The lowest BCUT2D eigenvalue weighted by Crippen LogP contribution is -2.41. The second-order valence-electron chi connectivity index (χ2n) is 4.61. The van der Waals surface area contributed by atoms with Gasteiger partial charge in [0.15, 0.2) is 5.41 Å². The molecule has 0 bridgehead atoms. The summed E-state index contributed by atoms with van der Waals surface area (Å²) in [5.41, 5.74) is 0.103. The summed E-state index contributed by atoms with van der Waals surface area (Å²) >= 11 is 0. The summed E-state index contributed by atoms with van der Waals surface area (Å²) in [6, 6.07) is 0. The van der Waals surface area contributed by atoms with E-state index in [9.17, 15) is 9.59 Å². The predicted molar refractivity (Wildman–Crippen MR) is 67.9 cm³/mol. The van der Waals surface area contributed by atoms with Crippen molar-refractivity contribution in [1.82, 2.24) is 0 Å². The number of hydrogen-bond acceptors (Lipinski definition) is 4. The van der Waals surface area contributed by atoms with Crippen molar-refractivity contribution in [2.45, 2.75) is 46.5 Å². The van der Waals surface area contributed by atoms with E-state index in [4.69, 9.17) is 9.47 Å². The first kappa shape index (κ1) is 14.7. The third-order valence-electron chi connectivity index (χ3n) is 3.34. The van der Waals surface area contributed by atoms with Crippen LogP contribution < -0.4 is 0 Å². The Morgan fingerprint density at radius 2 is 1.72 bits per heavy atom. The molecule has 0 aromatic rings. The number of carbonyl (C=O) groups is 2. The Balaban J connectivity index is 2.94. The molecule has 0 unspecified atom stereocenters. The van der Waals surface area contributed by atoms with E-state index in [0.717, 1.165) is 6.42 Å². The summed E-state index contributed by atoms with van der Waals surface area (Å²) in [7, 11) is 0. The van der Waals surface area contributed by atoms with Gasteiger partial charge in [-0.3, -0.25) is 9.59 Å². The molecule has 1 rings (SSSR count). The maximum atomic E-state index is 12.1. The van der Waals surface area contributed by atoms with Gasteiger partial charge in [0.1, 0.15) is 0 Å². The van der Waals surface area contributed by atoms with Gasteiger partial charge < -0.3 is 9.47 Å². The Hall–Kier alpha value is -1.32. The first-order valence-electron chi connectivity index (χ1n) is 6.57. The number of carbonyl (C=O) groups excluding carboxylic acids is 2. The van der Waals surface area contributed by atoms with Gasteiger partial charge >= 0.3 is 11.9 Å². The van der Waals surface area contributed by atoms with E-state index in [0.29, 0.717) is 19.3 Å². The van der Waals surface area contributed by atoms with Crippen LogP contribution in [0, 0.1) is 5.41 Å². The average Bonchev–Trinajstić information content (AvgIpc) is 2.53. The Morgan fingerprint density at radius 1 is 1.17 bits per heavy atom. The van der Waals surface area contributed by atoms with E-state index in [-0.39, 0.29) is 13.2 Å². The summed E-state index contributed by atoms with van der Waals surface area (Å²) in [5, 5.41) is 0. The zero-order valence-corrected chi connectivity index (χ0v) is 11.5. The normalized spacial score (nSPS) is 18.5. The minimum absolute atomic E-state index is 0.284. The largest absolute Gasteiger partial charge is 0.465 e. The molecule has 4 heteroatoms. The molecule has 0 saturated carbocycles. The highest BCUT2D eigenvalue weighted by Crippen LogP contribution is 2.37. The van der Waals surface area contributed by atoms with Crippen molar-refractivity contribution in [3.05, 3.63) is 11.6 Å². The SMILES string of the molecule is CCOC(=O)C1(C(=O)OCC)CCC=C(C)CC1. The van der Waals surface area contributed by atoms with Gasteiger partial charge in [-0.15, -0.1) is 0 Å². The third kappa shape index (κ3) is 3.12. The molecule has 102 valence electrons. The molecule has 0 fully saturated rings. The summed E-state index contributed by atoms with van der Waals surface area (Å²) in [5.74, 6) is -0.877. The Morgan fingerprint density at radius 3 is 2.22 bits per heavy atom. The van der Waals surface area contributed by atoms with Crippen LogP contribution in [0.1, 0.15) is 46.5 Å². The van der Waals surface area contributed by atoms with Gasteiger partial charge in [0, 0.05) is 0 Å². The molecule has 1 aliphatic carbocycles. The quantitative estimate of drug-likeness (QED) is 0.439. The van der Waals surface area contributed by atoms with Gasteiger partial charge in [-0.05, 0) is 46.5 Å².